The SMILES string of the molecule is CC(=O)N1CCCN(CC(C)C)CCN(C(=O)CCN(C)c2cccc(C(F)(F)F)c2)Cc2ccccc21. The van der Waals surface area contributed by atoms with E-state index in [0.717, 1.165) is 49.4 Å². The van der Waals surface area contributed by atoms with Crippen LogP contribution in [-0.2, 0) is 22.3 Å². The van der Waals surface area contributed by atoms with Crippen molar-refractivity contribution in [3.05, 3.63) is 59.7 Å². The largest absolute Gasteiger partial charge is 0.416 e. The average molecular weight is 533 g/mol. The number of amides is 2. The number of fused-ring (bicyclic) bond motifs is 1. The van der Waals surface area contributed by atoms with Gasteiger partial charge in [-0.05, 0) is 48.7 Å². The predicted octanol–water partition coefficient (Wildman–Crippen LogP) is 5.28. The molecule has 6 nitrogen and oxygen atoms in total. The van der Waals surface area contributed by atoms with Gasteiger partial charge in [-0.2, -0.15) is 13.2 Å². The molecular formula is C29H39F3N4O2. The van der Waals surface area contributed by atoms with Crippen molar-refractivity contribution in [2.45, 2.75) is 46.3 Å². The predicted molar refractivity (Wildman–Crippen MR) is 145 cm³/mol. The Balaban J connectivity index is 1.80. The van der Waals surface area contributed by atoms with Gasteiger partial charge in [0.2, 0.25) is 11.8 Å². The quantitative estimate of drug-likeness (QED) is 0.508. The van der Waals surface area contributed by atoms with Crippen LogP contribution in [0.2, 0.25) is 0 Å². The zero-order valence-electron chi connectivity index (χ0n) is 22.8. The average Bonchev–Trinajstić information content (AvgIpc) is 2.89. The lowest BCUT2D eigenvalue weighted by Gasteiger charge is -2.29. The first-order chi connectivity index (χ1) is 18.0. The van der Waals surface area contributed by atoms with Gasteiger partial charge in [-0.3, -0.25) is 9.59 Å². The second kappa shape index (κ2) is 13.1. The molecule has 0 N–H and O–H groups in total. The molecule has 0 aromatic heterocycles. The van der Waals surface area contributed by atoms with Crippen molar-refractivity contribution in [1.82, 2.24) is 9.80 Å². The lowest BCUT2D eigenvalue weighted by atomic mass is 10.1. The number of alkyl halides is 3. The van der Waals surface area contributed by atoms with E-state index in [-0.39, 0.29) is 24.8 Å². The molecule has 0 atom stereocenters. The number of hydrogen-bond acceptors (Lipinski definition) is 4. The molecule has 1 aliphatic rings. The van der Waals surface area contributed by atoms with Crippen LogP contribution in [0.1, 0.15) is 44.7 Å². The number of hydrogen-bond donors (Lipinski definition) is 0. The standard InChI is InChI=1S/C29H39F3N4O2/c1-22(2)20-34-14-8-15-36(23(3)37)27-12-6-5-9-24(27)21-35(18-17-34)28(38)13-16-33(4)26-11-7-10-25(19-26)29(30,31)32/h5-7,9-12,19,22H,8,13-18,20-21H2,1-4H3. The first-order valence-electron chi connectivity index (χ1n) is 13.2. The Bertz CT molecular complexity index is 1090. The normalized spacial score (nSPS) is 15.7. The van der Waals surface area contributed by atoms with Crippen molar-refractivity contribution in [1.29, 1.82) is 0 Å². The smallest absolute Gasteiger partial charge is 0.374 e. The molecule has 9 heteroatoms. The Hall–Kier alpha value is -3.07. The van der Waals surface area contributed by atoms with Crippen LogP contribution in [0.5, 0.6) is 0 Å². The van der Waals surface area contributed by atoms with E-state index in [4.69, 9.17) is 0 Å². The molecule has 2 aromatic carbocycles. The Labute approximate surface area is 224 Å². The van der Waals surface area contributed by atoms with Crippen molar-refractivity contribution in [2.75, 3.05) is 56.1 Å². The van der Waals surface area contributed by atoms with Crippen molar-refractivity contribution in [3.63, 3.8) is 0 Å². The maximum Gasteiger partial charge on any atom is 0.416 e. The Morgan fingerprint density at radius 1 is 1.00 bits per heavy atom. The van der Waals surface area contributed by atoms with Gasteiger partial charge >= 0.3 is 6.18 Å². The molecule has 0 aliphatic carbocycles. The molecule has 2 aromatic rings. The van der Waals surface area contributed by atoms with Crippen LogP contribution < -0.4 is 9.80 Å². The highest BCUT2D eigenvalue weighted by Gasteiger charge is 2.30. The van der Waals surface area contributed by atoms with Crippen molar-refractivity contribution >= 4 is 23.2 Å². The molecule has 0 fully saturated rings. The summed E-state index contributed by atoms with van der Waals surface area (Å²) < 4.78 is 39.5. The molecular weight excluding hydrogens is 493 g/mol. The third-order valence-corrected chi connectivity index (χ3v) is 6.82. The van der Waals surface area contributed by atoms with Crippen molar-refractivity contribution < 1.29 is 22.8 Å². The van der Waals surface area contributed by atoms with E-state index < -0.39 is 11.7 Å². The van der Waals surface area contributed by atoms with Crippen LogP contribution >= 0.6 is 0 Å². The van der Waals surface area contributed by atoms with E-state index in [1.54, 1.807) is 29.8 Å². The molecule has 38 heavy (non-hydrogen) atoms. The molecule has 0 bridgehead atoms. The Morgan fingerprint density at radius 3 is 2.42 bits per heavy atom. The molecule has 1 aliphatic heterocycles. The van der Waals surface area contributed by atoms with Crippen LogP contribution in [0, 0.1) is 5.92 Å². The molecule has 0 radical (unpaired) electrons. The zero-order valence-corrected chi connectivity index (χ0v) is 22.8. The van der Waals surface area contributed by atoms with Crippen LogP contribution in [0.4, 0.5) is 24.5 Å². The number of halogens is 3. The van der Waals surface area contributed by atoms with Gasteiger partial charge in [0.25, 0.3) is 0 Å². The number of anilines is 2. The molecule has 0 unspecified atom stereocenters. The first-order valence-corrected chi connectivity index (χ1v) is 13.2. The van der Waals surface area contributed by atoms with Crippen molar-refractivity contribution in [2.24, 2.45) is 5.92 Å². The van der Waals surface area contributed by atoms with Gasteiger partial charge in [-0.25, -0.2) is 0 Å². The lowest BCUT2D eigenvalue weighted by molar-refractivity contribution is -0.137. The monoisotopic (exact) mass is 532 g/mol. The second-order valence-electron chi connectivity index (χ2n) is 10.4. The van der Waals surface area contributed by atoms with Crippen LogP contribution in [-0.4, -0.2) is 67.9 Å². The zero-order chi connectivity index (χ0) is 27.9. The van der Waals surface area contributed by atoms with E-state index in [2.05, 4.69) is 18.7 Å². The van der Waals surface area contributed by atoms with Gasteiger partial charge < -0.3 is 19.6 Å². The summed E-state index contributed by atoms with van der Waals surface area (Å²) in [6, 6.07) is 12.8. The highest BCUT2D eigenvalue weighted by molar-refractivity contribution is 5.92. The highest BCUT2D eigenvalue weighted by atomic mass is 19.4. The summed E-state index contributed by atoms with van der Waals surface area (Å²) in [5, 5.41) is 0. The molecule has 208 valence electrons. The lowest BCUT2D eigenvalue weighted by Crippen LogP contribution is -2.40. The van der Waals surface area contributed by atoms with Crippen LogP contribution in [0.15, 0.2) is 48.5 Å². The summed E-state index contributed by atoms with van der Waals surface area (Å²) in [6.07, 6.45) is -3.43. The summed E-state index contributed by atoms with van der Waals surface area (Å²) in [5.74, 6) is 0.357. The fourth-order valence-corrected chi connectivity index (χ4v) is 4.85. The van der Waals surface area contributed by atoms with Gasteiger partial charge in [-0.15, -0.1) is 0 Å². The van der Waals surface area contributed by atoms with Gasteiger partial charge in [-0.1, -0.05) is 38.1 Å². The minimum absolute atomic E-state index is 0.0345. The minimum atomic E-state index is -4.42. The summed E-state index contributed by atoms with van der Waals surface area (Å²) in [4.78, 5) is 33.6. The fraction of sp³-hybridized carbons (Fsp3) is 0.517. The van der Waals surface area contributed by atoms with E-state index >= 15 is 0 Å². The third-order valence-electron chi connectivity index (χ3n) is 6.82. The topological polar surface area (TPSA) is 47.1 Å². The third kappa shape index (κ3) is 8.21. The highest BCUT2D eigenvalue weighted by Crippen LogP contribution is 2.31. The molecule has 0 saturated heterocycles. The van der Waals surface area contributed by atoms with Gasteiger partial charge in [0.15, 0.2) is 0 Å². The van der Waals surface area contributed by atoms with Gasteiger partial charge in [0.1, 0.15) is 0 Å². The minimum Gasteiger partial charge on any atom is -0.374 e. The van der Waals surface area contributed by atoms with E-state index in [1.807, 2.05) is 29.2 Å². The molecule has 0 spiro atoms. The van der Waals surface area contributed by atoms with Crippen molar-refractivity contribution in [3.8, 4) is 0 Å². The number of benzene rings is 2. The number of carbonyl (C=O) groups is 2. The Morgan fingerprint density at radius 2 is 1.74 bits per heavy atom. The number of para-hydroxylation sites is 1. The van der Waals surface area contributed by atoms with Crippen LogP contribution in [0.3, 0.4) is 0 Å². The summed E-state index contributed by atoms with van der Waals surface area (Å²) in [7, 11) is 1.69. The summed E-state index contributed by atoms with van der Waals surface area (Å²) in [5.41, 5.74) is 1.42. The second-order valence-corrected chi connectivity index (χ2v) is 10.4. The Kier molecular flexibility index (Phi) is 10.2. The maximum absolute atomic E-state index is 13.5. The summed E-state index contributed by atoms with van der Waals surface area (Å²) in [6.45, 7) is 10.1. The summed E-state index contributed by atoms with van der Waals surface area (Å²) >= 11 is 0. The van der Waals surface area contributed by atoms with Gasteiger partial charge in [0.05, 0.1) is 5.56 Å². The number of nitrogens with zero attached hydrogens (tertiary/aromatic N) is 4. The number of rotatable bonds is 6. The van der Waals surface area contributed by atoms with Gasteiger partial charge in [0, 0.05) is 71.0 Å². The molecule has 0 saturated carbocycles. The maximum atomic E-state index is 13.5. The van der Waals surface area contributed by atoms with Crippen LogP contribution in [0.25, 0.3) is 0 Å². The van der Waals surface area contributed by atoms with E-state index in [1.165, 1.54) is 6.07 Å². The fourth-order valence-electron chi connectivity index (χ4n) is 4.85. The van der Waals surface area contributed by atoms with E-state index in [0.29, 0.717) is 31.2 Å². The number of carbonyl (C=O) groups excluding carboxylic acids is 2. The molecule has 3 rings (SSSR count). The molecule has 2 amide bonds. The molecule has 1 heterocycles. The van der Waals surface area contributed by atoms with E-state index in [9.17, 15) is 22.8 Å². The first kappa shape index (κ1) is 29.5.